The van der Waals surface area contributed by atoms with Crippen molar-refractivity contribution in [1.82, 2.24) is 0 Å². The van der Waals surface area contributed by atoms with Gasteiger partial charge in [-0.2, -0.15) is 13.2 Å². The number of alkyl halides is 3. The second-order valence-electron chi connectivity index (χ2n) is 5.24. The molecule has 0 bridgehead atoms. The Morgan fingerprint density at radius 1 is 1.24 bits per heavy atom. The molecule has 0 saturated heterocycles. The van der Waals surface area contributed by atoms with Gasteiger partial charge in [-0.25, -0.2) is 4.39 Å². The van der Waals surface area contributed by atoms with Gasteiger partial charge >= 0.3 is 6.18 Å². The van der Waals surface area contributed by atoms with Crippen molar-refractivity contribution in [2.75, 3.05) is 5.32 Å². The Hall–Kier alpha value is -1.63. The van der Waals surface area contributed by atoms with Gasteiger partial charge in [0.2, 0.25) is 5.91 Å². The minimum atomic E-state index is -4.59. The molecular weight excluding hydrogens is 288 g/mol. The minimum absolute atomic E-state index is 0.340. The molecule has 1 saturated carbocycles. The van der Waals surface area contributed by atoms with Crippen LogP contribution in [0, 0.1) is 11.7 Å². The molecule has 0 heterocycles. The number of amides is 1. The Bertz CT molecular complexity index is 530. The zero-order valence-corrected chi connectivity index (χ0v) is 11.2. The van der Waals surface area contributed by atoms with Crippen LogP contribution < -0.4 is 11.1 Å². The van der Waals surface area contributed by atoms with Crippen LogP contribution in [0.3, 0.4) is 0 Å². The summed E-state index contributed by atoms with van der Waals surface area (Å²) in [5.41, 5.74) is 4.36. The first kappa shape index (κ1) is 15.8. The maximum atomic E-state index is 13.6. The first-order valence-corrected chi connectivity index (χ1v) is 6.72. The van der Waals surface area contributed by atoms with E-state index >= 15 is 0 Å². The van der Waals surface area contributed by atoms with Gasteiger partial charge < -0.3 is 11.1 Å². The van der Waals surface area contributed by atoms with E-state index in [0.29, 0.717) is 31.0 Å². The quantitative estimate of drug-likeness (QED) is 0.824. The van der Waals surface area contributed by atoms with E-state index in [1.54, 1.807) is 0 Å². The maximum Gasteiger partial charge on any atom is 0.416 e. The van der Waals surface area contributed by atoms with Crippen LogP contribution in [0.4, 0.5) is 23.2 Å². The lowest BCUT2D eigenvalue weighted by Crippen LogP contribution is -2.40. The highest BCUT2D eigenvalue weighted by molar-refractivity contribution is 5.93. The summed E-state index contributed by atoms with van der Waals surface area (Å²) in [5, 5.41) is 2.23. The van der Waals surface area contributed by atoms with Gasteiger partial charge in [0.05, 0.1) is 17.2 Å². The van der Waals surface area contributed by atoms with Crippen molar-refractivity contribution in [3.8, 4) is 0 Å². The van der Waals surface area contributed by atoms with Gasteiger partial charge in [-0.1, -0.05) is 12.8 Å². The number of hydrogen-bond acceptors (Lipinski definition) is 2. The average molecular weight is 304 g/mol. The SMILES string of the molecule is NC1CCCCC1C(=O)Nc1cc(C(F)(F)F)ccc1F. The fourth-order valence-electron chi connectivity index (χ4n) is 2.51. The van der Waals surface area contributed by atoms with Crippen LogP contribution >= 0.6 is 0 Å². The predicted molar refractivity (Wildman–Crippen MR) is 70.0 cm³/mol. The van der Waals surface area contributed by atoms with Crippen molar-refractivity contribution in [2.24, 2.45) is 11.7 Å². The third-order valence-corrected chi connectivity index (χ3v) is 3.71. The third-order valence-electron chi connectivity index (χ3n) is 3.71. The summed E-state index contributed by atoms with van der Waals surface area (Å²) in [6.45, 7) is 0. The molecule has 0 aromatic heterocycles. The van der Waals surface area contributed by atoms with Crippen molar-refractivity contribution in [1.29, 1.82) is 0 Å². The van der Waals surface area contributed by atoms with E-state index in [0.717, 1.165) is 12.8 Å². The van der Waals surface area contributed by atoms with Gasteiger partial charge in [0.15, 0.2) is 0 Å². The second kappa shape index (κ2) is 6.01. The largest absolute Gasteiger partial charge is 0.416 e. The van der Waals surface area contributed by atoms with Crippen molar-refractivity contribution >= 4 is 11.6 Å². The molecule has 1 aliphatic rings. The van der Waals surface area contributed by atoms with Gasteiger partial charge in [0, 0.05) is 6.04 Å². The number of carbonyl (C=O) groups is 1. The molecule has 1 fully saturated rings. The van der Waals surface area contributed by atoms with Crippen LogP contribution in [0.2, 0.25) is 0 Å². The van der Waals surface area contributed by atoms with Crippen LogP contribution in [0.1, 0.15) is 31.2 Å². The Morgan fingerprint density at radius 3 is 2.52 bits per heavy atom. The first-order valence-electron chi connectivity index (χ1n) is 6.72. The molecule has 1 aromatic rings. The molecule has 1 aliphatic carbocycles. The number of hydrogen-bond donors (Lipinski definition) is 2. The number of anilines is 1. The summed E-state index contributed by atoms with van der Waals surface area (Å²) in [6, 6.07) is 1.59. The zero-order chi connectivity index (χ0) is 15.6. The molecule has 2 atom stereocenters. The van der Waals surface area contributed by atoms with E-state index in [1.165, 1.54) is 0 Å². The normalized spacial score (nSPS) is 22.9. The summed E-state index contributed by atoms with van der Waals surface area (Å²) in [5.74, 6) is -1.92. The fourth-order valence-corrected chi connectivity index (χ4v) is 2.51. The minimum Gasteiger partial charge on any atom is -0.327 e. The molecular formula is C14H16F4N2O. The van der Waals surface area contributed by atoms with E-state index in [-0.39, 0.29) is 6.04 Å². The smallest absolute Gasteiger partial charge is 0.327 e. The molecule has 0 radical (unpaired) electrons. The number of halogens is 4. The molecule has 21 heavy (non-hydrogen) atoms. The Kier molecular flexibility index (Phi) is 4.51. The van der Waals surface area contributed by atoms with Gasteiger partial charge in [-0.05, 0) is 31.0 Å². The molecule has 2 rings (SSSR count). The maximum absolute atomic E-state index is 13.6. The molecule has 116 valence electrons. The molecule has 7 heteroatoms. The highest BCUT2D eigenvalue weighted by Gasteiger charge is 2.32. The van der Waals surface area contributed by atoms with Crippen molar-refractivity contribution in [2.45, 2.75) is 37.9 Å². The van der Waals surface area contributed by atoms with Gasteiger partial charge in [0.1, 0.15) is 5.82 Å². The van der Waals surface area contributed by atoms with Crippen molar-refractivity contribution < 1.29 is 22.4 Å². The van der Waals surface area contributed by atoms with E-state index in [4.69, 9.17) is 5.73 Å². The van der Waals surface area contributed by atoms with Gasteiger partial charge in [0.25, 0.3) is 0 Å². The predicted octanol–water partition coefficient (Wildman–Crippen LogP) is 3.30. The van der Waals surface area contributed by atoms with Crippen LogP contribution in [0.5, 0.6) is 0 Å². The fraction of sp³-hybridized carbons (Fsp3) is 0.500. The average Bonchev–Trinajstić information content (AvgIpc) is 2.40. The molecule has 1 amide bonds. The summed E-state index contributed by atoms with van der Waals surface area (Å²) in [4.78, 5) is 12.1. The zero-order valence-electron chi connectivity index (χ0n) is 11.2. The highest BCUT2D eigenvalue weighted by Crippen LogP contribution is 2.32. The van der Waals surface area contributed by atoms with E-state index < -0.39 is 35.1 Å². The number of nitrogens with two attached hydrogens (primary N) is 1. The summed E-state index contributed by atoms with van der Waals surface area (Å²) in [6.07, 6.45) is -1.59. The number of benzene rings is 1. The van der Waals surface area contributed by atoms with E-state index in [9.17, 15) is 22.4 Å². The first-order chi connectivity index (χ1) is 9.79. The molecule has 1 aromatic carbocycles. The Balaban J connectivity index is 2.16. The summed E-state index contributed by atoms with van der Waals surface area (Å²) in [7, 11) is 0. The third kappa shape index (κ3) is 3.72. The van der Waals surface area contributed by atoms with Crippen molar-refractivity contribution in [3.63, 3.8) is 0 Å². The lowest BCUT2D eigenvalue weighted by atomic mass is 9.84. The van der Waals surface area contributed by atoms with Crippen molar-refractivity contribution in [3.05, 3.63) is 29.6 Å². The molecule has 2 unspecified atom stereocenters. The lowest BCUT2D eigenvalue weighted by Gasteiger charge is -2.27. The van der Waals surface area contributed by atoms with E-state index in [1.807, 2.05) is 0 Å². The van der Waals surface area contributed by atoms with Gasteiger partial charge in [-0.15, -0.1) is 0 Å². The molecule has 0 spiro atoms. The topological polar surface area (TPSA) is 55.1 Å². The van der Waals surface area contributed by atoms with Crippen LogP contribution in [-0.2, 0) is 11.0 Å². The van der Waals surface area contributed by atoms with Crippen LogP contribution in [-0.4, -0.2) is 11.9 Å². The second-order valence-corrected chi connectivity index (χ2v) is 5.24. The Labute approximate surface area is 119 Å². The van der Waals surface area contributed by atoms with Crippen LogP contribution in [0.25, 0.3) is 0 Å². The lowest BCUT2D eigenvalue weighted by molar-refractivity contribution is -0.137. The number of nitrogens with one attached hydrogen (secondary N) is 1. The number of rotatable bonds is 2. The molecule has 3 nitrogen and oxygen atoms in total. The highest BCUT2D eigenvalue weighted by atomic mass is 19.4. The Morgan fingerprint density at radius 2 is 1.90 bits per heavy atom. The molecule has 0 aliphatic heterocycles. The standard InChI is InChI=1S/C14H16F4N2O/c15-10-6-5-8(14(16,17)18)7-12(10)20-13(21)9-3-1-2-4-11(9)19/h5-7,9,11H,1-4,19H2,(H,20,21). The van der Waals surface area contributed by atoms with Crippen LogP contribution in [0.15, 0.2) is 18.2 Å². The van der Waals surface area contributed by atoms with E-state index in [2.05, 4.69) is 5.32 Å². The summed E-state index contributed by atoms with van der Waals surface area (Å²) >= 11 is 0. The molecule has 3 N–H and O–H groups in total. The van der Waals surface area contributed by atoms with Gasteiger partial charge in [-0.3, -0.25) is 4.79 Å². The summed E-state index contributed by atoms with van der Waals surface area (Å²) < 4.78 is 51.4. The number of carbonyl (C=O) groups excluding carboxylic acids is 1. The monoisotopic (exact) mass is 304 g/mol.